The highest BCUT2D eigenvalue weighted by Gasteiger charge is 2.13. The molecule has 1 aromatic rings. The molecule has 0 saturated heterocycles. The first kappa shape index (κ1) is 11.7. The van der Waals surface area contributed by atoms with Crippen molar-refractivity contribution in [3.05, 3.63) is 34.1 Å². The maximum atomic E-state index is 13.0. The highest BCUT2D eigenvalue weighted by atomic mass is 79.9. The zero-order chi connectivity index (χ0) is 10.7. The third kappa shape index (κ3) is 2.55. The van der Waals surface area contributed by atoms with Gasteiger partial charge in [-0.15, -0.1) is 0 Å². The van der Waals surface area contributed by atoms with Gasteiger partial charge in [0.25, 0.3) is 0 Å². The first-order valence-electron chi connectivity index (χ1n) is 4.76. The van der Waals surface area contributed by atoms with Gasteiger partial charge in [-0.1, -0.05) is 19.9 Å². The fraction of sp³-hybridized carbons (Fsp3) is 0.455. The molecule has 0 aromatic heterocycles. The molecule has 1 aromatic carbocycles. The van der Waals surface area contributed by atoms with Crippen molar-refractivity contribution in [1.82, 2.24) is 0 Å². The topological polar surface area (TPSA) is 26.0 Å². The minimum Gasteiger partial charge on any atom is -0.327 e. The third-order valence-electron chi connectivity index (χ3n) is 2.58. The molecule has 0 amide bonds. The van der Waals surface area contributed by atoms with Crippen molar-refractivity contribution in [3.63, 3.8) is 0 Å². The molecular weight excluding hydrogens is 245 g/mol. The molecule has 0 radical (unpaired) electrons. The summed E-state index contributed by atoms with van der Waals surface area (Å²) >= 11 is 3.17. The highest BCUT2D eigenvalue weighted by molar-refractivity contribution is 9.10. The summed E-state index contributed by atoms with van der Waals surface area (Å²) in [4.78, 5) is 0. The van der Waals surface area contributed by atoms with Crippen molar-refractivity contribution in [3.8, 4) is 0 Å². The smallest absolute Gasteiger partial charge is 0.137 e. The van der Waals surface area contributed by atoms with Gasteiger partial charge < -0.3 is 5.73 Å². The van der Waals surface area contributed by atoms with Crippen LogP contribution in [0.25, 0.3) is 0 Å². The zero-order valence-electron chi connectivity index (χ0n) is 8.43. The van der Waals surface area contributed by atoms with Crippen LogP contribution in [0.4, 0.5) is 4.39 Å². The van der Waals surface area contributed by atoms with E-state index in [4.69, 9.17) is 5.73 Å². The maximum absolute atomic E-state index is 13.0. The van der Waals surface area contributed by atoms with Gasteiger partial charge in [-0.25, -0.2) is 4.39 Å². The van der Waals surface area contributed by atoms with Crippen LogP contribution in [-0.4, -0.2) is 6.04 Å². The van der Waals surface area contributed by atoms with Crippen molar-refractivity contribution >= 4 is 15.9 Å². The summed E-state index contributed by atoms with van der Waals surface area (Å²) in [6, 6.07) is 5.20. The van der Waals surface area contributed by atoms with Crippen LogP contribution in [0.15, 0.2) is 22.7 Å². The number of hydrogen-bond acceptors (Lipinski definition) is 1. The first-order chi connectivity index (χ1) is 6.56. The maximum Gasteiger partial charge on any atom is 0.137 e. The minimum absolute atomic E-state index is 0.132. The summed E-state index contributed by atoms with van der Waals surface area (Å²) in [6.07, 6.45) is 0.927. The van der Waals surface area contributed by atoms with Gasteiger partial charge >= 0.3 is 0 Å². The molecule has 0 aliphatic carbocycles. The van der Waals surface area contributed by atoms with Crippen LogP contribution in [0.1, 0.15) is 31.7 Å². The molecule has 2 N–H and O–H groups in total. The zero-order valence-corrected chi connectivity index (χ0v) is 10.0. The van der Waals surface area contributed by atoms with Gasteiger partial charge in [0, 0.05) is 6.04 Å². The van der Waals surface area contributed by atoms with E-state index in [1.807, 2.05) is 0 Å². The molecule has 3 heteroatoms. The van der Waals surface area contributed by atoms with Gasteiger partial charge in [0.05, 0.1) is 4.47 Å². The van der Waals surface area contributed by atoms with E-state index < -0.39 is 0 Å². The van der Waals surface area contributed by atoms with Gasteiger partial charge in [-0.05, 0) is 46.0 Å². The molecular formula is C11H15BrFN. The predicted molar refractivity (Wildman–Crippen MR) is 60.8 cm³/mol. The van der Waals surface area contributed by atoms with Crippen molar-refractivity contribution < 1.29 is 4.39 Å². The van der Waals surface area contributed by atoms with E-state index in [0.717, 1.165) is 12.0 Å². The molecule has 78 valence electrons. The summed E-state index contributed by atoms with van der Waals surface area (Å²) in [7, 11) is 0. The van der Waals surface area contributed by atoms with E-state index in [1.54, 1.807) is 12.1 Å². The highest BCUT2D eigenvalue weighted by Crippen LogP contribution is 2.24. The van der Waals surface area contributed by atoms with Crippen LogP contribution in [0.3, 0.4) is 0 Å². The normalized spacial score (nSPS) is 15.2. The molecule has 0 aliphatic heterocycles. The van der Waals surface area contributed by atoms with Gasteiger partial charge in [-0.2, -0.15) is 0 Å². The predicted octanol–water partition coefficient (Wildman–Crippen LogP) is 3.43. The second kappa shape index (κ2) is 4.89. The van der Waals surface area contributed by atoms with Crippen molar-refractivity contribution in [2.45, 2.75) is 32.2 Å². The summed E-state index contributed by atoms with van der Waals surface area (Å²) in [5.41, 5.74) is 7.00. The van der Waals surface area contributed by atoms with Gasteiger partial charge in [0.15, 0.2) is 0 Å². The Morgan fingerprint density at radius 2 is 2.14 bits per heavy atom. The van der Waals surface area contributed by atoms with E-state index in [9.17, 15) is 4.39 Å². The monoisotopic (exact) mass is 259 g/mol. The van der Waals surface area contributed by atoms with Crippen LogP contribution in [-0.2, 0) is 0 Å². The minimum atomic E-state index is -0.231. The van der Waals surface area contributed by atoms with Gasteiger partial charge in [0.2, 0.25) is 0 Å². The fourth-order valence-corrected chi connectivity index (χ4v) is 1.79. The van der Waals surface area contributed by atoms with Crippen LogP contribution in [0.5, 0.6) is 0 Å². The Hall–Kier alpha value is -0.410. The van der Waals surface area contributed by atoms with E-state index >= 15 is 0 Å². The van der Waals surface area contributed by atoms with E-state index in [0.29, 0.717) is 4.47 Å². The molecule has 0 aliphatic rings. The molecule has 1 nitrogen and oxygen atoms in total. The fourth-order valence-electron chi connectivity index (χ4n) is 1.40. The molecule has 14 heavy (non-hydrogen) atoms. The molecule has 0 heterocycles. The Morgan fingerprint density at radius 1 is 1.50 bits per heavy atom. The molecule has 0 spiro atoms. The lowest BCUT2D eigenvalue weighted by molar-refractivity contribution is 0.548. The SMILES string of the molecule is CCC(N)C(C)c1ccc(F)c(Br)c1. The van der Waals surface area contributed by atoms with E-state index in [-0.39, 0.29) is 17.8 Å². The Kier molecular flexibility index (Phi) is 4.08. The third-order valence-corrected chi connectivity index (χ3v) is 3.19. The molecule has 0 bridgehead atoms. The van der Waals surface area contributed by atoms with Crippen LogP contribution in [0, 0.1) is 5.82 Å². The van der Waals surface area contributed by atoms with Crippen LogP contribution >= 0.6 is 15.9 Å². The Bertz CT molecular complexity index is 314. The lowest BCUT2D eigenvalue weighted by Gasteiger charge is -2.18. The first-order valence-corrected chi connectivity index (χ1v) is 5.56. The Balaban J connectivity index is 2.91. The average Bonchev–Trinajstić information content (AvgIpc) is 2.20. The molecule has 2 unspecified atom stereocenters. The number of benzene rings is 1. The largest absolute Gasteiger partial charge is 0.327 e. The lowest BCUT2D eigenvalue weighted by Crippen LogP contribution is -2.25. The lowest BCUT2D eigenvalue weighted by atomic mass is 9.92. The van der Waals surface area contributed by atoms with Gasteiger partial charge in [0.1, 0.15) is 5.82 Å². The summed E-state index contributed by atoms with van der Waals surface area (Å²) < 4.78 is 13.5. The Morgan fingerprint density at radius 3 is 2.64 bits per heavy atom. The van der Waals surface area contributed by atoms with Crippen LogP contribution < -0.4 is 5.73 Å². The van der Waals surface area contributed by atoms with Crippen molar-refractivity contribution in [1.29, 1.82) is 0 Å². The molecule has 2 atom stereocenters. The average molecular weight is 260 g/mol. The number of rotatable bonds is 3. The second-order valence-electron chi connectivity index (χ2n) is 3.53. The van der Waals surface area contributed by atoms with E-state index in [1.165, 1.54) is 6.07 Å². The van der Waals surface area contributed by atoms with Gasteiger partial charge in [-0.3, -0.25) is 0 Å². The number of nitrogens with two attached hydrogens (primary N) is 1. The summed E-state index contributed by atoms with van der Waals surface area (Å²) in [6.45, 7) is 4.12. The molecule has 0 saturated carbocycles. The standard InChI is InChI=1S/C11H15BrFN/c1-3-11(14)7(2)8-4-5-10(13)9(12)6-8/h4-7,11H,3,14H2,1-2H3. The number of halogens is 2. The summed E-state index contributed by atoms with van der Waals surface area (Å²) in [5.74, 6) is 0.0305. The van der Waals surface area contributed by atoms with Crippen molar-refractivity contribution in [2.24, 2.45) is 5.73 Å². The van der Waals surface area contributed by atoms with Crippen LogP contribution in [0.2, 0.25) is 0 Å². The summed E-state index contributed by atoms with van der Waals surface area (Å²) in [5, 5.41) is 0. The van der Waals surface area contributed by atoms with E-state index in [2.05, 4.69) is 29.8 Å². The molecule has 1 rings (SSSR count). The Labute approximate surface area is 92.6 Å². The quantitative estimate of drug-likeness (QED) is 0.885. The second-order valence-corrected chi connectivity index (χ2v) is 4.39. The van der Waals surface area contributed by atoms with Crippen molar-refractivity contribution in [2.75, 3.05) is 0 Å². The molecule has 0 fully saturated rings. The number of hydrogen-bond donors (Lipinski definition) is 1.